The summed E-state index contributed by atoms with van der Waals surface area (Å²) in [4.78, 5) is 14.4. The highest BCUT2D eigenvalue weighted by atomic mass is 16.4. The van der Waals surface area contributed by atoms with E-state index in [0.717, 1.165) is 5.70 Å². The van der Waals surface area contributed by atoms with Crippen molar-refractivity contribution in [2.75, 3.05) is 0 Å². The van der Waals surface area contributed by atoms with Crippen molar-refractivity contribution in [1.29, 1.82) is 5.41 Å². The lowest BCUT2D eigenvalue weighted by Gasteiger charge is -2.11. The summed E-state index contributed by atoms with van der Waals surface area (Å²) in [6, 6.07) is 0. The molecule has 0 aliphatic carbocycles. The van der Waals surface area contributed by atoms with Crippen molar-refractivity contribution in [3.8, 4) is 0 Å². The first kappa shape index (κ1) is 12.1. The van der Waals surface area contributed by atoms with Gasteiger partial charge in [0.25, 0.3) is 0 Å². The van der Waals surface area contributed by atoms with Crippen LogP contribution in [-0.4, -0.2) is 23.5 Å². The van der Waals surface area contributed by atoms with Gasteiger partial charge in [-0.05, 0) is 32.7 Å². The monoisotopic (exact) mass is 195 g/mol. The van der Waals surface area contributed by atoms with Gasteiger partial charge in [0.2, 0.25) is 0 Å². The van der Waals surface area contributed by atoms with Crippen molar-refractivity contribution in [3.63, 3.8) is 0 Å². The summed E-state index contributed by atoms with van der Waals surface area (Å²) in [6.07, 6.45) is 3.22. The minimum atomic E-state index is -1.00. The lowest BCUT2D eigenvalue weighted by Crippen LogP contribution is -2.21. The predicted molar refractivity (Wildman–Crippen MR) is 55.6 cm³/mol. The highest BCUT2D eigenvalue weighted by molar-refractivity contribution is 6.40. The number of rotatable bonds is 1. The second-order valence-electron chi connectivity index (χ2n) is 2.43. The van der Waals surface area contributed by atoms with Gasteiger partial charge < -0.3 is 15.8 Å². The number of nitrogens with zero attached hydrogens (tertiary/aromatic N) is 1. The second kappa shape index (κ2) is 5.69. The Balaban J connectivity index is 0.000000791. The maximum Gasteiger partial charge on any atom is 0.354 e. The lowest BCUT2D eigenvalue weighted by molar-refractivity contribution is -0.129. The zero-order valence-corrected chi connectivity index (χ0v) is 8.16. The van der Waals surface area contributed by atoms with Gasteiger partial charge in [0, 0.05) is 5.70 Å². The van der Waals surface area contributed by atoms with Gasteiger partial charge in [0.05, 0.1) is 0 Å². The van der Waals surface area contributed by atoms with Crippen molar-refractivity contribution < 1.29 is 9.90 Å². The fourth-order valence-electron chi connectivity index (χ4n) is 0.879. The Labute approximate surface area is 82.4 Å². The first-order valence-corrected chi connectivity index (χ1v) is 3.92. The van der Waals surface area contributed by atoms with Gasteiger partial charge >= 0.3 is 5.97 Å². The molecule has 3 N–H and O–H groups in total. The van der Waals surface area contributed by atoms with E-state index < -0.39 is 5.97 Å². The molecule has 1 rings (SSSR count). The zero-order valence-electron chi connectivity index (χ0n) is 8.16. The van der Waals surface area contributed by atoms with Gasteiger partial charge in [0.15, 0.2) is 5.71 Å². The second-order valence-corrected chi connectivity index (χ2v) is 2.43. The molecular weight excluding hydrogens is 182 g/mol. The van der Waals surface area contributed by atoms with E-state index in [1.807, 2.05) is 0 Å². The standard InChI is InChI=1S/C8H10N2O2.CH3N/c1-3-7-9-5(2)4-6(10-7)8(11)12;1-2/h3-4,9H,1-2H3,(H,11,12);2H,1H2/b7-3+;. The number of carboxylic acid groups (broad SMARTS) is 1. The molecule has 0 aromatic rings. The van der Waals surface area contributed by atoms with Crippen LogP contribution in [0, 0.1) is 5.41 Å². The van der Waals surface area contributed by atoms with Crippen LogP contribution in [0.5, 0.6) is 0 Å². The Bertz CT molecular complexity index is 316. The molecule has 0 fully saturated rings. The van der Waals surface area contributed by atoms with Gasteiger partial charge in [-0.1, -0.05) is 0 Å². The van der Waals surface area contributed by atoms with Crippen molar-refractivity contribution in [2.24, 2.45) is 4.99 Å². The average molecular weight is 195 g/mol. The fourth-order valence-corrected chi connectivity index (χ4v) is 0.879. The van der Waals surface area contributed by atoms with Crippen LogP contribution in [0.15, 0.2) is 28.7 Å². The van der Waals surface area contributed by atoms with Crippen LogP contribution in [0.1, 0.15) is 13.8 Å². The number of aliphatic carboxylic acids is 1. The smallest absolute Gasteiger partial charge is 0.354 e. The third-order valence-corrected chi connectivity index (χ3v) is 1.41. The van der Waals surface area contributed by atoms with Crippen LogP contribution in [-0.2, 0) is 4.79 Å². The van der Waals surface area contributed by atoms with Gasteiger partial charge in [-0.3, -0.25) is 0 Å². The number of aliphatic imine (C=N–C) groups is 1. The van der Waals surface area contributed by atoms with E-state index in [4.69, 9.17) is 10.5 Å². The van der Waals surface area contributed by atoms with Crippen LogP contribution in [0.4, 0.5) is 0 Å². The number of allylic oxidation sites excluding steroid dienone is 2. The predicted octanol–water partition coefficient (Wildman–Crippen LogP) is 1.15. The maximum atomic E-state index is 10.5. The van der Waals surface area contributed by atoms with E-state index in [1.165, 1.54) is 6.08 Å². The first-order valence-electron chi connectivity index (χ1n) is 3.92. The van der Waals surface area contributed by atoms with Gasteiger partial charge in [-0.2, -0.15) is 0 Å². The molecule has 0 aromatic carbocycles. The number of carboxylic acids is 1. The molecule has 0 amide bonds. The quantitative estimate of drug-likeness (QED) is 0.548. The molecule has 0 atom stereocenters. The Kier molecular flexibility index (Phi) is 4.91. The molecule has 76 valence electrons. The molecular formula is C9H13N3O2. The Morgan fingerprint density at radius 1 is 1.71 bits per heavy atom. The SMILES string of the molecule is C/C=C1/N=C(C(=O)O)C=C(C)N1.C=N. The van der Waals surface area contributed by atoms with E-state index in [0.29, 0.717) is 5.82 Å². The summed E-state index contributed by atoms with van der Waals surface area (Å²) in [5.74, 6) is -0.428. The van der Waals surface area contributed by atoms with Gasteiger partial charge in [0.1, 0.15) is 5.82 Å². The van der Waals surface area contributed by atoms with Crippen LogP contribution in [0.3, 0.4) is 0 Å². The summed E-state index contributed by atoms with van der Waals surface area (Å²) in [5, 5.41) is 17.1. The minimum absolute atomic E-state index is 0.0688. The molecule has 1 heterocycles. The molecule has 0 spiro atoms. The maximum absolute atomic E-state index is 10.5. The third kappa shape index (κ3) is 3.22. The molecule has 14 heavy (non-hydrogen) atoms. The summed E-state index contributed by atoms with van der Waals surface area (Å²) < 4.78 is 0. The highest BCUT2D eigenvalue weighted by Crippen LogP contribution is 2.05. The molecule has 1 aliphatic heterocycles. The van der Waals surface area contributed by atoms with Crippen LogP contribution >= 0.6 is 0 Å². The summed E-state index contributed by atoms with van der Waals surface area (Å²) in [5.41, 5.74) is 0.856. The normalized spacial score (nSPS) is 17.1. The summed E-state index contributed by atoms with van der Waals surface area (Å²) in [7, 11) is 0. The number of hydrogen-bond acceptors (Lipinski definition) is 4. The molecule has 1 aliphatic rings. The van der Waals surface area contributed by atoms with Gasteiger partial charge in [-0.25, -0.2) is 9.79 Å². The molecule has 5 nitrogen and oxygen atoms in total. The topological polar surface area (TPSA) is 85.5 Å². The van der Waals surface area contributed by atoms with Crippen molar-refractivity contribution >= 4 is 18.4 Å². The average Bonchev–Trinajstić information content (AvgIpc) is 2.20. The van der Waals surface area contributed by atoms with E-state index in [1.54, 1.807) is 19.9 Å². The molecule has 0 aromatic heterocycles. The zero-order chi connectivity index (χ0) is 11.1. The Hall–Kier alpha value is -1.91. The van der Waals surface area contributed by atoms with Crippen LogP contribution in [0.2, 0.25) is 0 Å². The number of nitrogens with one attached hydrogen (secondary N) is 2. The summed E-state index contributed by atoms with van der Waals surface area (Å²) in [6.45, 7) is 6.09. The molecule has 0 radical (unpaired) electrons. The van der Waals surface area contributed by atoms with E-state index in [2.05, 4.69) is 17.0 Å². The van der Waals surface area contributed by atoms with Crippen LogP contribution in [0.25, 0.3) is 0 Å². The van der Waals surface area contributed by atoms with E-state index in [9.17, 15) is 4.79 Å². The fraction of sp³-hybridized carbons (Fsp3) is 0.222. The highest BCUT2D eigenvalue weighted by Gasteiger charge is 2.11. The largest absolute Gasteiger partial charge is 0.477 e. The first-order chi connectivity index (χ1) is 6.63. The minimum Gasteiger partial charge on any atom is -0.477 e. The molecule has 5 heteroatoms. The van der Waals surface area contributed by atoms with E-state index in [-0.39, 0.29) is 5.71 Å². The molecule has 0 saturated heterocycles. The van der Waals surface area contributed by atoms with Crippen molar-refractivity contribution in [2.45, 2.75) is 13.8 Å². The Morgan fingerprint density at radius 2 is 2.29 bits per heavy atom. The Morgan fingerprint density at radius 3 is 2.71 bits per heavy atom. The number of carbonyl (C=O) groups is 1. The van der Waals surface area contributed by atoms with E-state index >= 15 is 0 Å². The molecule has 0 bridgehead atoms. The summed E-state index contributed by atoms with van der Waals surface area (Å²) >= 11 is 0. The van der Waals surface area contributed by atoms with Crippen molar-refractivity contribution in [3.05, 3.63) is 23.7 Å². The number of hydrogen-bond donors (Lipinski definition) is 3. The van der Waals surface area contributed by atoms with Crippen LogP contribution < -0.4 is 5.32 Å². The lowest BCUT2D eigenvalue weighted by atomic mass is 10.2. The van der Waals surface area contributed by atoms with Crippen molar-refractivity contribution in [1.82, 2.24) is 5.32 Å². The van der Waals surface area contributed by atoms with Gasteiger partial charge in [-0.15, -0.1) is 0 Å². The molecule has 0 saturated carbocycles. The third-order valence-electron chi connectivity index (χ3n) is 1.41. The molecule has 0 unspecified atom stereocenters.